The summed E-state index contributed by atoms with van der Waals surface area (Å²) in [6, 6.07) is 12.1. The molecule has 2 aromatic rings. The van der Waals surface area contributed by atoms with Gasteiger partial charge >= 0.3 is 0 Å². The maximum absolute atomic E-state index is 9.85. The van der Waals surface area contributed by atoms with Crippen LogP contribution in [0.15, 0.2) is 47.1 Å². The molecule has 0 radical (unpaired) electrons. The average Bonchev–Trinajstić information content (AvgIpc) is 2.93. The van der Waals surface area contributed by atoms with Crippen molar-refractivity contribution in [2.75, 3.05) is 6.54 Å². The first-order valence-electron chi connectivity index (χ1n) is 6.68. The van der Waals surface area contributed by atoms with Crippen LogP contribution in [0.3, 0.4) is 0 Å². The predicted molar refractivity (Wildman–Crippen MR) is 75.9 cm³/mol. The highest BCUT2D eigenvalue weighted by atomic mass is 16.4. The van der Waals surface area contributed by atoms with Crippen LogP contribution in [0.1, 0.15) is 42.8 Å². The smallest absolute Gasteiger partial charge is 0.133 e. The van der Waals surface area contributed by atoms with E-state index in [-0.39, 0.29) is 0 Å². The molecule has 0 saturated carbocycles. The zero-order chi connectivity index (χ0) is 13.7. The molecule has 19 heavy (non-hydrogen) atoms. The molecule has 1 atom stereocenters. The van der Waals surface area contributed by atoms with Gasteiger partial charge in [0.15, 0.2) is 0 Å². The number of nitrogens with one attached hydrogen (secondary N) is 1. The van der Waals surface area contributed by atoms with Crippen LogP contribution >= 0.6 is 0 Å². The Morgan fingerprint density at radius 2 is 1.89 bits per heavy atom. The number of rotatable bonds is 6. The van der Waals surface area contributed by atoms with Gasteiger partial charge in [-0.2, -0.15) is 0 Å². The molecule has 0 bridgehead atoms. The van der Waals surface area contributed by atoms with Gasteiger partial charge in [-0.05, 0) is 29.2 Å². The number of aliphatic hydroxyl groups excluding tert-OH is 1. The van der Waals surface area contributed by atoms with Crippen LogP contribution in [-0.4, -0.2) is 11.7 Å². The summed E-state index contributed by atoms with van der Waals surface area (Å²) in [5.74, 6) is 1.16. The van der Waals surface area contributed by atoms with E-state index in [4.69, 9.17) is 4.42 Å². The van der Waals surface area contributed by atoms with Crippen molar-refractivity contribution in [1.82, 2.24) is 5.32 Å². The summed E-state index contributed by atoms with van der Waals surface area (Å²) < 4.78 is 5.15. The van der Waals surface area contributed by atoms with E-state index in [9.17, 15) is 5.11 Å². The van der Waals surface area contributed by atoms with E-state index in [2.05, 4.69) is 43.4 Å². The molecular formula is C16H21NO2. The Bertz CT molecular complexity index is 474. The number of benzene rings is 1. The van der Waals surface area contributed by atoms with Crippen molar-refractivity contribution in [3.05, 3.63) is 59.5 Å². The molecule has 0 amide bonds. The van der Waals surface area contributed by atoms with E-state index in [1.807, 2.05) is 0 Å². The molecule has 0 saturated heterocycles. The van der Waals surface area contributed by atoms with E-state index in [0.717, 1.165) is 6.54 Å². The molecule has 1 aromatic carbocycles. The van der Waals surface area contributed by atoms with Crippen LogP contribution in [0.4, 0.5) is 0 Å². The Morgan fingerprint density at radius 3 is 2.47 bits per heavy atom. The Morgan fingerprint density at radius 1 is 1.16 bits per heavy atom. The Hall–Kier alpha value is -1.58. The van der Waals surface area contributed by atoms with E-state index < -0.39 is 6.10 Å². The van der Waals surface area contributed by atoms with Crippen molar-refractivity contribution < 1.29 is 9.52 Å². The normalized spacial score (nSPS) is 12.8. The lowest BCUT2D eigenvalue weighted by Crippen LogP contribution is -2.20. The fourth-order valence-corrected chi connectivity index (χ4v) is 1.96. The first kappa shape index (κ1) is 13.8. The van der Waals surface area contributed by atoms with E-state index in [1.165, 1.54) is 11.1 Å². The van der Waals surface area contributed by atoms with Gasteiger partial charge in [0.2, 0.25) is 0 Å². The zero-order valence-electron chi connectivity index (χ0n) is 11.5. The van der Waals surface area contributed by atoms with Gasteiger partial charge in [0.25, 0.3) is 0 Å². The van der Waals surface area contributed by atoms with Crippen molar-refractivity contribution in [3.8, 4) is 0 Å². The van der Waals surface area contributed by atoms with Crippen molar-refractivity contribution >= 4 is 0 Å². The number of hydrogen-bond donors (Lipinski definition) is 2. The van der Waals surface area contributed by atoms with Crippen LogP contribution in [0.2, 0.25) is 0 Å². The molecule has 0 spiro atoms. The summed E-state index contributed by atoms with van der Waals surface area (Å²) >= 11 is 0. The van der Waals surface area contributed by atoms with Gasteiger partial charge in [-0.1, -0.05) is 38.1 Å². The predicted octanol–water partition coefficient (Wildman–Crippen LogP) is 3.23. The maximum atomic E-state index is 9.85. The van der Waals surface area contributed by atoms with E-state index in [0.29, 0.717) is 18.2 Å². The lowest BCUT2D eigenvalue weighted by molar-refractivity contribution is 0.147. The minimum absolute atomic E-state index is 0.486. The fraction of sp³-hybridized carbons (Fsp3) is 0.375. The summed E-state index contributed by atoms with van der Waals surface area (Å²) in [6.45, 7) is 5.61. The SMILES string of the molecule is CC(C)c1ccc(CNCC(O)c2ccco2)cc1. The van der Waals surface area contributed by atoms with Gasteiger partial charge < -0.3 is 14.8 Å². The maximum Gasteiger partial charge on any atom is 0.133 e. The van der Waals surface area contributed by atoms with Gasteiger partial charge in [-0.3, -0.25) is 0 Å². The molecule has 2 N–H and O–H groups in total. The average molecular weight is 259 g/mol. The van der Waals surface area contributed by atoms with Crippen LogP contribution in [0.25, 0.3) is 0 Å². The third kappa shape index (κ3) is 3.94. The monoisotopic (exact) mass is 259 g/mol. The highest BCUT2D eigenvalue weighted by Crippen LogP contribution is 2.15. The summed E-state index contributed by atoms with van der Waals surface area (Å²) in [4.78, 5) is 0. The van der Waals surface area contributed by atoms with Crippen molar-refractivity contribution in [3.63, 3.8) is 0 Å². The van der Waals surface area contributed by atoms with Gasteiger partial charge in [0, 0.05) is 13.1 Å². The van der Waals surface area contributed by atoms with Crippen LogP contribution in [-0.2, 0) is 6.54 Å². The Balaban J connectivity index is 1.79. The molecule has 2 rings (SSSR count). The molecular weight excluding hydrogens is 238 g/mol. The second kappa shape index (κ2) is 6.55. The highest BCUT2D eigenvalue weighted by molar-refractivity contribution is 5.24. The van der Waals surface area contributed by atoms with Crippen LogP contribution < -0.4 is 5.32 Å². The van der Waals surface area contributed by atoms with E-state index >= 15 is 0 Å². The van der Waals surface area contributed by atoms with Crippen molar-refractivity contribution in [2.45, 2.75) is 32.4 Å². The first-order valence-corrected chi connectivity index (χ1v) is 6.68. The van der Waals surface area contributed by atoms with Crippen LogP contribution in [0, 0.1) is 0 Å². The molecule has 0 aliphatic rings. The molecule has 1 heterocycles. The van der Waals surface area contributed by atoms with E-state index in [1.54, 1.807) is 18.4 Å². The number of aliphatic hydroxyl groups is 1. The minimum Gasteiger partial charge on any atom is -0.467 e. The third-order valence-electron chi connectivity index (χ3n) is 3.18. The molecule has 0 fully saturated rings. The summed E-state index contributed by atoms with van der Waals surface area (Å²) in [5, 5.41) is 13.1. The summed E-state index contributed by atoms with van der Waals surface area (Å²) in [6.07, 6.45) is 0.980. The number of hydrogen-bond acceptors (Lipinski definition) is 3. The lowest BCUT2D eigenvalue weighted by Gasteiger charge is -2.10. The second-order valence-electron chi connectivity index (χ2n) is 5.06. The van der Waals surface area contributed by atoms with Crippen LogP contribution in [0.5, 0.6) is 0 Å². The van der Waals surface area contributed by atoms with Gasteiger partial charge in [-0.25, -0.2) is 0 Å². The molecule has 3 nitrogen and oxygen atoms in total. The standard InChI is InChI=1S/C16H21NO2/c1-12(2)14-7-5-13(6-8-14)10-17-11-15(18)16-4-3-9-19-16/h3-9,12,15,17-18H,10-11H2,1-2H3. The second-order valence-corrected chi connectivity index (χ2v) is 5.06. The Kier molecular flexibility index (Phi) is 4.77. The zero-order valence-corrected chi connectivity index (χ0v) is 11.5. The first-order chi connectivity index (χ1) is 9.16. The van der Waals surface area contributed by atoms with Gasteiger partial charge in [-0.15, -0.1) is 0 Å². The van der Waals surface area contributed by atoms with Gasteiger partial charge in [0.05, 0.1) is 6.26 Å². The topological polar surface area (TPSA) is 45.4 Å². The number of furan rings is 1. The highest BCUT2D eigenvalue weighted by Gasteiger charge is 2.09. The molecule has 102 valence electrons. The molecule has 1 aromatic heterocycles. The Labute approximate surface area is 114 Å². The largest absolute Gasteiger partial charge is 0.467 e. The summed E-state index contributed by atoms with van der Waals surface area (Å²) in [5.41, 5.74) is 2.57. The fourth-order valence-electron chi connectivity index (χ4n) is 1.96. The molecule has 1 unspecified atom stereocenters. The quantitative estimate of drug-likeness (QED) is 0.837. The van der Waals surface area contributed by atoms with Crippen molar-refractivity contribution in [1.29, 1.82) is 0 Å². The summed E-state index contributed by atoms with van der Waals surface area (Å²) in [7, 11) is 0. The van der Waals surface area contributed by atoms with Gasteiger partial charge in [0.1, 0.15) is 11.9 Å². The third-order valence-corrected chi connectivity index (χ3v) is 3.18. The molecule has 3 heteroatoms. The minimum atomic E-state index is -0.593. The van der Waals surface area contributed by atoms with Crippen molar-refractivity contribution in [2.24, 2.45) is 0 Å². The lowest BCUT2D eigenvalue weighted by atomic mass is 10.0. The molecule has 0 aliphatic carbocycles. The molecule has 0 aliphatic heterocycles.